The van der Waals surface area contributed by atoms with E-state index in [2.05, 4.69) is 54.7 Å². The van der Waals surface area contributed by atoms with E-state index in [0.717, 1.165) is 30.2 Å². The van der Waals surface area contributed by atoms with E-state index in [1.165, 1.54) is 10.8 Å². The van der Waals surface area contributed by atoms with Crippen molar-refractivity contribution in [3.8, 4) is 0 Å². The molecule has 0 spiro atoms. The van der Waals surface area contributed by atoms with E-state index < -0.39 is 0 Å². The van der Waals surface area contributed by atoms with Gasteiger partial charge in [0, 0.05) is 12.1 Å². The molecule has 0 unspecified atom stereocenters. The van der Waals surface area contributed by atoms with Crippen LogP contribution in [0.15, 0.2) is 59.0 Å². The van der Waals surface area contributed by atoms with Crippen LogP contribution in [0.5, 0.6) is 0 Å². The molecule has 1 heterocycles. The third-order valence-electron chi connectivity index (χ3n) is 3.28. The van der Waals surface area contributed by atoms with E-state index >= 15 is 0 Å². The van der Waals surface area contributed by atoms with Crippen LogP contribution < -0.4 is 5.32 Å². The Labute approximate surface area is 113 Å². The zero-order valence-electron chi connectivity index (χ0n) is 11.0. The third-order valence-corrected chi connectivity index (χ3v) is 3.28. The van der Waals surface area contributed by atoms with Gasteiger partial charge in [0.25, 0.3) is 0 Å². The van der Waals surface area contributed by atoms with Crippen LogP contribution in [0.1, 0.15) is 18.4 Å². The fourth-order valence-electron chi connectivity index (χ4n) is 2.20. The zero-order chi connectivity index (χ0) is 13.1. The van der Waals surface area contributed by atoms with Crippen LogP contribution in [-0.2, 0) is 13.0 Å². The first-order valence-electron chi connectivity index (χ1n) is 6.65. The summed E-state index contributed by atoms with van der Waals surface area (Å²) < 4.78 is 5.68. The second kappa shape index (κ2) is 5.19. The molecule has 0 aliphatic rings. The van der Waals surface area contributed by atoms with Gasteiger partial charge in [-0.3, -0.25) is 0 Å². The Morgan fingerprint density at radius 2 is 1.68 bits per heavy atom. The summed E-state index contributed by atoms with van der Waals surface area (Å²) in [5.41, 5.74) is 1.12. The number of hydrogen-bond donors (Lipinski definition) is 1. The Balaban J connectivity index is 1.74. The summed E-state index contributed by atoms with van der Waals surface area (Å²) in [4.78, 5) is 0. The number of rotatable bonds is 4. The normalized spacial score (nSPS) is 10.8. The molecule has 0 radical (unpaired) electrons. The molecule has 2 heteroatoms. The third kappa shape index (κ3) is 2.63. The number of nitrogens with one attached hydrogen (secondary N) is 1. The molecule has 2 nitrogen and oxygen atoms in total. The molecule has 0 aliphatic heterocycles. The number of fused-ring (bicyclic) bond motifs is 1. The second-order valence-corrected chi connectivity index (χ2v) is 4.64. The molecule has 0 aliphatic carbocycles. The lowest BCUT2D eigenvalue weighted by molar-refractivity contribution is 0.476. The number of hydrogen-bond acceptors (Lipinski definition) is 2. The van der Waals surface area contributed by atoms with Crippen LogP contribution in [0.3, 0.4) is 0 Å². The second-order valence-electron chi connectivity index (χ2n) is 4.64. The molecule has 1 aromatic heterocycles. The van der Waals surface area contributed by atoms with Crippen molar-refractivity contribution in [2.24, 2.45) is 0 Å². The van der Waals surface area contributed by atoms with Gasteiger partial charge in [0.05, 0.1) is 6.54 Å². The molecule has 2 aromatic carbocycles. The Kier molecular flexibility index (Phi) is 3.23. The maximum atomic E-state index is 5.68. The lowest BCUT2D eigenvalue weighted by Gasteiger charge is -2.06. The maximum absolute atomic E-state index is 5.68. The van der Waals surface area contributed by atoms with E-state index in [0.29, 0.717) is 0 Å². The van der Waals surface area contributed by atoms with Crippen LogP contribution in [-0.4, -0.2) is 0 Å². The highest BCUT2D eigenvalue weighted by atomic mass is 16.3. The maximum Gasteiger partial charge on any atom is 0.123 e. The zero-order valence-corrected chi connectivity index (χ0v) is 11.0. The van der Waals surface area contributed by atoms with Gasteiger partial charge in [0.1, 0.15) is 11.5 Å². The molecule has 0 amide bonds. The van der Waals surface area contributed by atoms with Gasteiger partial charge in [-0.1, -0.05) is 37.3 Å². The molecule has 3 aromatic rings. The van der Waals surface area contributed by atoms with Crippen LogP contribution in [0.25, 0.3) is 10.8 Å². The molecular formula is C17H17NO. The van der Waals surface area contributed by atoms with Crippen molar-refractivity contribution in [1.82, 2.24) is 0 Å². The monoisotopic (exact) mass is 251 g/mol. The standard InChI is InChI=1S/C17H17NO/c1-2-16-9-10-17(19-16)12-18-15-8-7-13-5-3-4-6-14(13)11-15/h3-11,18H,2,12H2,1H3. The van der Waals surface area contributed by atoms with Crippen LogP contribution in [0, 0.1) is 0 Å². The van der Waals surface area contributed by atoms with Gasteiger partial charge in [-0.05, 0) is 35.0 Å². The summed E-state index contributed by atoms with van der Waals surface area (Å²) in [5, 5.41) is 5.91. The first-order chi connectivity index (χ1) is 9.35. The Morgan fingerprint density at radius 3 is 2.47 bits per heavy atom. The number of anilines is 1. The van der Waals surface area contributed by atoms with E-state index in [9.17, 15) is 0 Å². The van der Waals surface area contributed by atoms with E-state index in [1.807, 2.05) is 12.1 Å². The van der Waals surface area contributed by atoms with Crippen molar-refractivity contribution < 1.29 is 4.42 Å². The average Bonchev–Trinajstić information content (AvgIpc) is 2.93. The van der Waals surface area contributed by atoms with Gasteiger partial charge in [-0.15, -0.1) is 0 Å². The molecule has 96 valence electrons. The number of aryl methyl sites for hydroxylation is 1. The minimum atomic E-state index is 0.721. The Hall–Kier alpha value is -2.22. The van der Waals surface area contributed by atoms with E-state index in [-0.39, 0.29) is 0 Å². The Bertz CT molecular complexity index is 684. The largest absolute Gasteiger partial charge is 0.464 e. The predicted molar refractivity (Wildman–Crippen MR) is 79.4 cm³/mol. The molecule has 0 saturated heterocycles. The highest BCUT2D eigenvalue weighted by molar-refractivity contribution is 5.85. The molecular weight excluding hydrogens is 234 g/mol. The SMILES string of the molecule is CCc1ccc(CNc2ccc3ccccc3c2)o1. The van der Waals surface area contributed by atoms with Gasteiger partial charge in [0.15, 0.2) is 0 Å². The first kappa shape index (κ1) is 11.8. The Morgan fingerprint density at radius 1 is 0.895 bits per heavy atom. The topological polar surface area (TPSA) is 25.2 Å². The van der Waals surface area contributed by atoms with Crippen molar-refractivity contribution in [2.45, 2.75) is 19.9 Å². The molecule has 3 rings (SSSR count). The van der Waals surface area contributed by atoms with Crippen molar-refractivity contribution in [2.75, 3.05) is 5.32 Å². The lowest BCUT2D eigenvalue weighted by Crippen LogP contribution is -1.97. The summed E-state index contributed by atoms with van der Waals surface area (Å²) in [5.74, 6) is 2.01. The van der Waals surface area contributed by atoms with Crippen LogP contribution in [0.2, 0.25) is 0 Å². The van der Waals surface area contributed by atoms with Crippen LogP contribution in [0.4, 0.5) is 5.69 Å². The van der Waals surface area contributed by atoms with Crippen molar-refractivity contribution in [3.05, 3.63) is 66.1 Å². The number of furan rings is 1. The molecule has 0 bridgehead atoms. The summed E-state index contributed by atoms with van der Waals surface area (Å²) in [6, 6.07) is 18.9. The van der Waals surface area contributed by atoms with E-state index in [4.69, 9.17) is 4.42 Å². The first-order valence-corrected chi connectivity index (χ1v) is 6.65. The highest BCUT2D eigenvalue weighted by Gasteiger charge is 2.01. The summed E-state index contributed by atoms with van der Waals surface area (Å²) in [6.45, 7) is 2.82. The minimum absolute atomic E-state index is 0.721. The number of benzene rings is 2. The molecule has 0 fully saturated rings. The summed E-state index contributed by atoms with van der Waals surface area (Å²) in [6.07, 6.45) is 0.940. The fraction of sp³-hybridized carbons (Fsp3) is 0.176. The van der Waals surface area contributed by atoms with E-state index in [1.54, 1.807) is 0 Å². The smallest absolute Gasteiger partial charge is 0.123 e. The van der Waals surface area contributed by atoms with Crippen molar-refractivity contribution in [1.29, 1.82) is 0 Å². The lowest BCUT2D eigenvalue weighted by atomic mass is 10.1. The summed E-state index contributed by atoms with van der Waals surface area (Å²) >= 11 is 0. The van der Waals surface area contributed by atoms with Gasteiger partial charge < -0.3 is 9.73 Å². The predicted octanol–water partition coefficient (Wildman–Crippen LogP) is 4.61. The van der Waals surface area contributed by atoms with Gasteiger partial charge in [0.2, 0.25) is 0 Å². The fourth-order valence-corrected chi connectivity index (χ4v) is 2.20. The van der Waals surface area contributed by atoms with Gasteiger partial charge in [-0.25, -0.2) is 0 Å². The highest BCUT2D eigenvalue weighted by Crippen LogP contribution is 2.19. The average molecular weight is 251 g/mol. The molecule has 19 heavy (non-hydrogen) atoms. The quantitative estimate of drug-likeness (QED) is 0.732. The minimum Gasteiger partial charge on any atom is -0.464 e. The van der Waals surface area contributed by atoms with Crippen molar-refractivity contribution >= 4 is 16.5 Å². The van der Waals surface area contributed by atoms with Crippen molar-refractivity contribution in [3.63, 3.8) is 0 Å². The molecule has 0 atom stereocenters. The molecule has 0 saturated carbocycles. The summed E-state index contributed by atoms with van der Waals surface area (Å²) in [7, 11) is 0. The van der Waals surface area contributed by atoms with Gasteiger partial charge in [-0.2, -0.15) is 0 Å². The molecule has 1 N–H and O–H groups in total. The van der Waals surface area contributed by atoms with Gasteiger partial charge >= 0.3 is 0 Å². The van der Waals surface area contributed by atoms with Crippen LogP contribution >= 0.6 is 0 Å².